The maximum Gasteiger partial charge on any atom is 0.231 e. The van der Waals surface area contributed by atoms with Crippen molar-refractivity contribution in [1.82, 2.24) is 24.9 Å². The Morgan fingerprint density at radius 2 is 1.96 bits per heavy atom. The molecule has 7 nitrogen and oxygen atoms in total. The van der Waals surface area contributed by atoms with E-state index in [2.05, 4.69) is 42.5 Å². The zero-order chi connectivity index (χ0) is 19.1. The van der Waals surface area contributed by atoms with E-state index in [-0.39, 0.29) is 0 Å². The number of anilines is 3. The van der Waals surface area contributed by atoms with Crippen molar-refractivity contribution in [3.63, 3.8) is 0 Å². The van der Waals surface area contributed by atoms with Gasteiger partial charge in [0.25, 0.3) is 0 Å². The third-order valence-corrected chi connectivity index (χ3v) is 3.97. The van der Waals surface area contributed by atoms with Gasteiger partial charge in [0, 0.05) is 23.8 Å². The highest BCUT2D eigenvalue weighted by molar-refractivity contribution is 5.85. The lowest BCUT2D eigenvalue weighted by atomic mass is 10.2. The number of aromatic amines is 1. The van der Waals surface area contributed by atoms with Gasteiger partial charge in [0.15, 0.2) is 11.5 Å². The van der Waals surface area contributed by atoms with Gasteiger partial charge in [-0.1, -0.05) is 33.3 Å². The molecule has 0 saturated carbocycles. The van der Waals surface area contributed by atoms with Crippen molar-refractivity contribution in [3.8, 4) is 0 Å². The number of hydrogen-bond donors (Lipinski definition) is 3. The molecule has 140 valence electrons. The summed E-state index contributed by atoms with van der Waals surface area (Å²) < 4.78 is 0. The highest BCUT2D eigenvalue weighted by Crippen LogP contribution is 2.23. The first-order valence-corrected chi connectivity index (χ1v) is 9.40. The van der Waals surface area contributed by atoms with Crippen LogP contribution in [-0.2, 0) is 0 Å². The van der Waals surface area contributed by atoms with Gasteiger partial charge in [-0.15, -0.1) is 0 Å². The number of nitrogens with zero attached hydrogens (tertiary/aromatic N) is 4. The molecule has 4 rings (SSSR count). The third-order valence-electron chi connectivity index (χ3n) is 3.97. The van der Waals surface area contributed by atoms with E-state index in [9.17, 15) is 0 Å². The fraction of sp³-hybridized carbons (Fsp3) is 0.300. The number of fused-ring (bicyclic) bond motifs is 2. The van der Waals surface area contributed by atoms with E-state index in [0.29, 0.717) is 11.6 Å². The molecule has 0 saturated heterocycles. The first kappa shape index (κ1) is 18.6. The summed E-state index contributed by atoms with van der Waals surface area (Å²) in [5.41, 5.74) is 3.33. The van der Waals surface area contributed by atoms with Crippen molar-refractivity contribution in [2.45, 2.75) is 33.6 Å². The molecule has 0 bridgehead atoms. The number of nitrogens with one attached hydrogen (secondary N) is 3. The number of rotatable bonds is 6. The van der Waals surface area contributed by atoms with Crippen molar-refractivity contribution in [1.29, 1.82) is 0 Å². The molecule has 0 aliphatic carbocycles. The number of pyridine rings is 1. The standard InChI is InChI=1S/C18H19N7.C2H6/c1-2-3-8-20-16-15-17(22-11-21-15)25-18(24-16)23-13-6-7-14-12(10-13)5-4-9-19-14;1-2/h4-7,9-11H,2-3,8H2,1H3,(H3,20,21,22,23,24,25);1-2H3. The second kappa shape index (κ2) is 8.93. The van der Waals surface area contributed by atoms with E-state index >= 15 is 0 Å². The zero-order valence-corrected chi connectivity index (χ0v) is 16.0. The van der Waals surface area contributed by atoms with Crippen LogP contribution in [-0.4, -0.2) is 31.5 Å². The van der Waals surface area contributed by atoms with Gasteiger partial charge in [-0.05, 0) is 30.7 Å². The van der Waals surface area contributed by atoms with Crippen LogP contribution >= 0.6 is 0 Å². The van der Waals surface area contributed by atoms with Gasteiger partial charge in [-0.2, -0.15) is 9.97 Å². The molecular formula is C20H25N7. The summed E-state index contributed by atoms with van der Waals surface area (Å²) in [6, 6.07) is 9.94. The number of imidazole rings is 1. The van der Waals surface area contributed by atoms with Gasteiger partial charge < -0.3 is 15.6 Å². The summed E-state index contributed by atoms with van der Waals surface area (Å²) in [7, 11) is 0. The summed E-state index contributed by atoms with van der Waals surface area (Å²) in [6.45, 7) is 7.03. The highest BCUT2D eigenvalue weighted by atomic mass is 15.2. The van der Waals surface area contributed by atoms with Gasteiger partial charge in [0.1, 0.15) is 5.52 Å². The molecule has 4 aromatic rings. The molecule has 0 aliphatic rings. The number of aromatic nitrogens is 5. The summed E-state index contributed by atoms with van der Waals surface area (Å²) in [6.07, 6.45) is 5.63. The Morgan fingerprint density at radius 1 is 1.07 bits per heavy atom. The SMILES string of the molecule is CC.CCCCNc1nc(Nc2ccc3ncccc3c2)nc2nc[nH]c12. The molecule has 0 amide bonds. The van der Waals surface area contributed by atoms with Crippen molar-refractivity contribution in [3.05, 3.63) is 42.9 Å². The first-order chi connectivity index (χ1) is 13.3. The van der Waals surface area contributed by atoms with E-state index in [1.54, 1.807) is 12.5 Å². The lowest BCUT2D eigenvalue weighted by Gasteiger charge is -2.10. The predicted octanol–water partition coefficient (Wildman–Crippen LogP) is 4.88. The van der Waals surface area contributed by atoms with E-state index in [0.717, 1.165) is 47.3 Å². The Kier molecular flexibility index (Phi) is 6.14. The van der Waals surface area contributed by atoms with Crippen LogP contribution in [0.3, 0.4) is 0 Å². The Bertz CT molecular complexity index is 1010. The quantitative estimate of drug-likeness (QED) is 0.423. The second-order valence-corrected chi connectivity index (χ2v) is 5.81. The van der Waals surface area contributed by atoms with Crippen LogP contribution < -0.4 is 10.6 Å². The van der Waals surface area contributed by atoms with Crippen LogP contribution in [0.4, 0.5) is 17.5 Å². The molecule has 1 aromatic carbocycles. The normalized spacial score (nSPS) is 10.5. The van der Waals surface area contributed by atoms with Gasteiger partial charge in [-0.25, -0.2) is 4.98 Å². The molecule has 7 heteroatoms. The van der Waals surface area contributed by atoms with Gasteiger partial charge in [0.05, 0.1) is 11.8 Å². The van der Waals surface area contributed by atoms with Crippen LogP contribution in [0.2, 0.25) is 0 Å². The van der Waals surface area contributed by atoms with Crippen LogP contribution in [0.15, 0.2) is 42.9 Å². The Hall–Kier alpha value is -3.22. The van der Waals surface area contributed by atoms with Crippen LogP contribution in [0.25, 0.3) is 22.1 Å². The Labute approximate surface area is 158 Å². The average molecular weight is 363 g/mol. The largest absolute Gasteiger partial charge is 0.368 e. The molecular weight excluding hydrogens is 338 g/mol. The Morgan fingerprint density at radius 3 is 2.81 bits per heavy atom. The topological polar surface area (TPSA) is 91.4 Å². The summed E-state index contributed by atoms with van der Waals surface area (Å²) in [5, 5.41) is 7.69. The third kappa shape index (κ3) is 4.31. The van der Waals surface area contributed by atoms with Gasteiger partial charge in [-0.3, -0.25) is 4.98 Å². The lowest BCUT2D eigenvalue weighted by molar-refractivity contribution is 0.831. The molecule has 27 heavy (non-hydrogen) atoms. The molecule has 0 aliphatic heterocycles. The molecule has 0 atom stereocenters. The predicted molar refractivity (Wildman–Crippen MR) is 111 cm³/mol. The Balaban J connectivity index is 0.00000102. The van der Waals surface area contributed by atoms with Crippen molar-refractivity contribution >= 4 is 39.5 Å². The average Bonchev–Trinajstić information content (AvgIpc) is 3.18. The number of H-pyrrole nitrogens is 1. The molecule has 3 heterocycles. The van der Waals surface area contributed by atoms with Crippen molar-refractivity contribution in [2.75, 3.05) is 17.2 Å². The molecule has 0 unspecified atom stereocenters. The number of hydrogen-bond acceptors (Lipinski definition) is 6. The van der Waals surface area contributed by atoms with Crippen molar-refractivity contribution in [2.24, 2.45) is 0 Å². The van der Waals surface area contributed by atoms with Crippen LogP contribution in [0.5, 0.6) is 0 Å². The summed E-state index contributed by atoms with van der Waals surface area (Å²) in [5.74, 6) is 1.28. The number of benzene rings is 1. The summed E-state index contributed by atoms with van der Waals surface area (Å²) in [4.78, 5) is 20.8. The summed E-state index contributed by atoms with van der Waals surface area (Å²) >= 11 is 0. The maximum atomic E-state index is 4.60. The van der Waals surface area contributed by atoms with Crippen LogP contribution in [0, 0.1) is 0 Å². The molecule has 3 N–H and O–H groups in total. The molecule has 0 radical (unpaired) electrons. The minimum atomic E-state index is 0.516. The van der Waals surface area contributed by atoms with Crippen molar-refractivity contribution < 1.29 is 0 Å². The fourth-order valence-corrected chi connectivity index (χ4v) is 2.68. The minimum Gasteiger partial charge on any atom is -0.368 e. The van der Waals surface area contributed by atoms with E-state index in [1.165, 1.54) is 0 Å². The first-order valence-electron chi connectivity index (χ1n) is 9.40. The van der Waals surface area contributed by atoms with Crippen LogP contribution in [0.1, 0.15) is 33.6 Å². The van der Waals surface area contributed by atoms with E-state index < -0.39 is 0 Å². The number of unbranched alkanes of at least 4 members (excludes halogenated alkanes) is 1. The van der Waals surface area contributed by atoms with E-state index in [4.69, 9.17) is 0 Å². The minimum absolute atomic E-state index is 0.516. The molecule has 3 aromatic heterocycles. The van der Waals surface area contributed by atoms with E-state index in [1.807, 2.05) is 44.2 Å². The smallest absolute Gasteiger partial charge is 0.231 e. The second-order valence-electron chi connectivity index (χ2n) is 5.81. The fourth-order valence-electron chi connectivity index (χ4n) is 2.68. The molecule has 0 spiro atoms. The lowest BCUT2D eigenvalue weighted by Crippen LogP contribution is -2.06. The van der Waals surface area contributed by atoms with Gasteiger partial charge >= 0.3 is 0 Å². The molecule has 0 fully saturated rings. The monoisotopic (exact) mass is 363 g/mol. The zero-order valence-electron chi connectivity index (χ0n) is 16.0. The maximum absolute atomic E-state index is 4.60. The highest BCUT2D eigenvalue weighted by Gasteiger charge is 2.10. The van der Waals surface area contributed by atoms with Gasteiger partial charge in [0.2, 0.25) is 5.95 Å².